The van der Waals surface area contributed by atoms with Crippen molar-refractivity contribution < 1.29 is 9.53 Å². The molecule has 2 aliphatic rings. The first-order chi connectivity index (χ1) is 15.7. The zero-order valence-electron chi connectivity index (χ0n) is 19.3. The molecule has 0 spiro atoms. The Hall–Kier alpha value is -2.53. The molecular formula is C27H37N3O2. The third-order valence-corrected chi connectivity index (χ3v) is 7.15. The van der Waals surface area contributed by atoms with E-state index in [1.807, 2.05) is 29.2 Å². The summed E-state index contributed by atoms with van der Waals surface area (Å²) in [5.74, 6) is 2.32. The molecule has 4 rings (SSSR count). The topological polar surface area (TPSA) is 44.8 Å². The molecule has 0 saturated carbocycles. The number of nitrogens with zero attached hydrogens (tertiary/aromatic N) is 2. The molecule has 0 aliphatic carbocycles. The average molecular weight is 436 g/mol. The van der Waals surface area contributed by atoms with E-state index in [0.717, 1.165) is 49.2 Å². The summed E-state index contributed by atoms with van der Waals surface area (Å²) in [5, 5.41) is 3.01. The summed E-state index contributed by atoms with van der Waals surface area (Å²) in [5.41, 5.74) is 2.26. The van der Waals surface area contributed by atoms with Gasteiger partial charge in [-0.1, -0.05) is 36.4 Å². The Kier molecular flexibility index (Phi) is 8.05. The number of nitrogens with one attached hydrogen (secondary N) is 1. The number of hydrogen-bond acceptors (Lipinski definition) is 3. The second kappa shape index (κ2) is 11.4. The molecule has 5 nitrogen and oxygen atoms in total. The Labute approximate surface area is 192 Å². The van der Waals surface area contributed by atoms with Crippen molar-refractivity contribution in [3.8, 4) is 5.75 Å². The average Bonchev–Trinajstić information content (AvgIpc) is 2.85. The van der Waals surface area contributed by atoms with Gasteiger partial charge in [-0.25, -0.2) is 4.79 Å². The van der Waals surface area contributed by atoms with Crippen molar-refractivity contribution in [2.24, 2.45) is 11.8 Å². The quantitative estimate of drug-likeness (QED) is 0.643. The van der Waals surface area contributed by atoms with E-state index in [2.05, 4.69) is 40.5 Å². The molecule has 2 aromatic rings. The number of methoxy groups -OCH3 is 1. The first-order valence-electron chi connectivity index (χ1n) is 12.2. The van der Waals surface area contributed by atoms with Crippen LogP contribution in [0.3, 0.4) is 0 Å². The third-order valence-electron chi connectivity index (χ3n) is 7.15. The summed E-state index contributed by atoms with van der Waals surface area (Å²) in [6.07, 6.45) is 7.33. The predicted octanol–water partition coefficient (Wildman–Crippen LogP) is 5.28. The number of likely N-dealkylation sites (tertiary alicyclic amines) is 2. The molecule has 172 valence electrons. The van der Waals surface area contributed by atoms with Gasteiger partial charge in [-0.05, 0) is 87.7 Å². The van der Waals surface area contributed by atoms with Crippen LogP contribution >= 0.6 is 0 Å². The van der Waals surface area contributed by atoms with Crippen LogP contribution in [0.1, 0.15) is 37.7 Å². The van der Waals surface area contributed by atoms with Gasteiger partial charge in [0.15, 0.2) is 0 Å². The van der Waals surface area contributed by atoms with Crippen LogP contribution in [-0.4, -0.2) is 55.7 Å². The van der Waals surface area contributed by atoms with E-state index in [-0.39, 0.29) is 6.03 Å². The fourth-order valence-corrected chi connectivity index (χ4v) is 5.05. The van der Waals surface area contributed by atoms with Gasteiger partial charge in [-0.3, -0.25) is 0 Å². The van der Waals surface area contributed by atoms with E-state index in [4.69, 9.17) is 4.74 Å². The molecule has 1 N–H and O–H groups in total. The van der Waals surface area contributed by atoms with E-state index in [1.54, 1.807) is 7.11 Å². The molecule has 2 heterocycles. The van der Waals surface area contributed by atoms with Crippen LogP contribution in [0.2, 0.25) is 0 Å². The van der Waals surface area contributed by atoms with Gasteiger partial charge < -0.3 is 19.9 Å². The molecule has 0 unspecified atom stereocenters. The number of hydrogen-bond donors (Lipinski definition) is 1. The van der Waals surface area contributed by atoms with Gasteiger partial charge in [0, 0.05) is 24.8 Å². The summed E-state index contributed by atoms with van der Waals surface area (Å²) in [4.78, 5) is 17.2. The molecule has 32 heavy (non-hydrogen) atoms. The van der Waals surface area contributed by atoms with Gasteiger partial charge in [-0.15, -0.1) is 0 Å². The van der Waals surface area contributed by atoms with E-state index in [9.17, 15) is 4.79 Å². The maximum Gasteiger partial charge on any atom is 0.321 e. The summed E-state index contributed by atoms with van der Waals surface area (Å²) >= 11 is 0. The van der Waals surface area contributed by atoms with Crippen molar-refractivity contribution in [2.45, 2.75) is 38.5 Å². The Morgan fingerprint density at radius 1 is 0.938 bits per heavy atom. The number of carbonyl (C=O) groups is 1. The van der Waals surface area contributed by atoms with Crippen molar-refractivity contribution in [3.63, 3.8) is 0 Å². The van der Waals surface area contributed by atoms with Crippen molar-refractivity contribution >= 4 is 11.7 Å². The highest BCUT2D eigenvalue weighted by atomic mass is 16.5. The zero-order chi connectivity index (χ0) is 22.2. The molecule has 2 amide bonds. The molecule has 2 saturated heterocycles. The number of anilines is 1. The summed E-state index contributed by atoms with van der Waals surface area (Å²) < 4.78 is 5.24. The largest absolute Gasteiger partial charge is 0.497 e. The lowest BCUT2D eigenvalue weighted by Gasteiger charge is -2.35. The monoisotopic (exact) mass is 435 g/mol. The fraction of sp³-hybridized carbons (Fsp3) is 0.519. The molecule has 0 atom stereocenters. The smallest absolute Gasteiger partial charge is 0.321 e. The van der Waals surface area contributed by atoms with Gasteiger partial charge in [-0.2, -0.15) is 0 Å². The zero-order valence-corrected chi connectivity index (χ0v) is 19.3. The van der Waals surface area contributed by atoms with Gasteiger partial charge in [0.2, 0.25) is 0 Å². The molecule has 0 radical (unpaired) electrons. The minimum Gasteiger partial charge on any atom is -0.497 e. The SMILES string of the molecule is COc1cccc(NC(=O)N2CCC(CCN3CCC(Cc4ccccc4)CC3)CC2)c1. The predicted molar refractivity (Wildman–Crippen MR) is 130 cm³/mol. The Morgan fingerprint density at radius 2 is 1.66 bits per heavy atom. The van der Waals surface area contributed by atoms with Crippen LogP contribution in [-0.2, 0) is 6.42 Å². The van der Waals surface area contributed by atoms with E-state index < -0.39 is 0 Å². The Balaban J connectivity index is 1.12. The molecular weight excluding hydrogens is 398 g/mol. The van der Waals surface area contributed by atoms with Gasteiger partial charge in [0.1, 0.15) is 5.75 Å². The number of ether oxygens (including phenoxy) is 1. The van der Waals surface area contributed by atoms with Crippen molar-refractivity contribution in [2.75, 3.05) is 45.2 Å². The second-order valence-corrected chi connectivity index (χ2v) is 9.36. The highest BCUT2D eigenvalue weighted by Crippen LogP contribution is 2.25. The number of benzene rings is 2. The first-order valence-corrected chi connectivity index (χ1v) is 12.2. The Bertz CT molecular complexity index is 841. The minimum absolute atomic E-state index is 0.00260. The molecule has 0 bridgehead atoms. The molecule has 0 aromatic heterocycles. The molecule has 2 fully saturated rings. The summed E-state index contributed by atoms with van der Waals surface area (Å²) in [6, 6.07) is 18.4. The number of carbonyl (C=O) groups excluding carboxylic acids is 1. The normalized spacial score (nSPS) is 18.5. The van der Waals surface area contributed by atoms with E-state index in [0.29, 0.717) is 0 Å². The van der Waals surface area contributed by atoms with Crippen LogP contribution in [0.25, 0.3) is 0 Å². The second-order valence-electron chi connectivity index (χ2n) is 9.36. The van der Waals surface area contributed by atoms with Crippen molar-refractivity contribution in [3.05, 3.63) is 60.2 Å². The minimum atomic E-state index is -0.00260. The number of rotatable bonds is 7. The number of piperidine rings is 2. The van der Waals surface area contributed by atoms with Crippen molar-refractivity contribution in [1.29, 1.82) is 0 Å². The fourth-order valence-electron chi connectivity index (χ4n) is 5.05. The number of urea groups is 1. The van der Waals surface area contributed by atoms with Gasteiger partial charge >= 0.3 is 6.03 Å². The van der Waals surface area contributed by atoms with Crippen LogP contribution in [0.15, 0.2) is 54.6 Å². The maximum absolute atomic E-state index is 12.6. The van der Waals surface area contributed by atoms with Crippen LogP contribution in [0.4, 0.5) is 10.5 Å². The lowest BCUT2D eigenvalue weighted by Crippen LogP contribution is -2.42. The lowest BCUT2D eigenvalue weighted by molar-refractivity contribution is 0.150. The molecule has 2 aromatic carbocycles. The lowest BCUT2D eigenvalue weighted by atomic mass is 9.89. The van der Waals surface area contributed by atoms with Crippen LogP contribution in [0, 0.1) is 11.8 Å². The summed E-state index contributed by atoms with van der Waals surface area (Å²) in [7, 11) is 1.64. The van der Waals surface area contributed by atoms with Gasteiger partial charge in [0.05, 0.1) is 7.11 Å². The van der Waals surface area contributed by atoms with Crippen molar-refractivity contribution in [1.82, 2.24) is 9.80 Å². The third kappa shape index (κ3) is 6.49. The summed E-state index contributed by atoms with van der Waals surface area (Å²) in [6.45, 7) is 5.37. The van der Waals surface area contributed by atoms with Crippen LogP contribution < -0.4 is 10.1 Å². The molecule has 5 heteroatoms. The highest BCUT2D eigenvalue weighted by molar-refractivity contribution is 5.89. The van der Waals surface area contributed by atoms with E-state index in [1.165, 1.54) is 50.9 Å². The highest BCUT2D eigenvalue weighted by Gasteiger charge is 2.25. The first kappa shape index (κ1) is 22.7. The Morgan fingerprint density at radius 3 is 2.38 bits per heavy atom. The van der Waals surface area contributed by atoms with Gasteiger partial charge in [0.25, 0.3) is 0 Å². The number of amides is 2. The van der Waals surface area contributed by atoms with Crippen LogP contribution in [0.5, 0.6) is 5.75 Å². The maximum atomic E-state index is 12.6. The standard InChI is InChI=1S/C27H37N3O2/c1-32-26-9-5-8-25(21-26)28-27(31)30-18-13-22(14-19-30)10-15-29-16-11-24(12-17-29)20-23-6-3-2-4-7-23/h2-9,21-22,24H,10-20H2,1H3,(H,28,31). The van der Waals surface area contributed by atoms with E-state index >= 15 is 0 Å². The molecule has 2 aliphatic heterocycles.